The lowest BCUT2D eigenvalue weighted by atomic mass is 10.1. The number of hydrogen-bond donors (Lipinski definition) is 1. The molecular formula is C25H29BrN4O4. The van der Waals surface area contributed by atoms with Gasteiger partial charge in [-0.2, -0.15) is 4.98 Å². The van der Waals surface area contributed by atoms with Gasteiger partial charge in [-0.1, -0.05) is 36.8 Å². The Morgan fingerprint density at radius 2 is 1.76 bits per heavy atom. The zero-order valence-electron chi connectivity index (χ0n) is 20.0. The summed E-state index contributed by atoms with van der Waals surface area (Å²) in [6.45, 7) is 9.16. The molecule has 1 aromatic heterocycles. The molecule has 0 saturated heterocycles. The largest absolute Gasteiger partial charge is 0.490 e. The number of hydrogen-bond acceptors (Lipinski definition) is 6. The monoisotopic (exact) mass is 528 g/mol. The number of benzene rings is 2. The van der Waals surface area contributed by atoms with Crippen LogP contribution in [0.15, 0.2) is 56.5 Å². The molecule has 0 radical (unpaired) electrons. The number of ether oxygens (including phenoxy) is 1. The van der Waals surface area contributed by atoms with Crippen molar-refractivity contribution < 1.29 is 9.53 Å². The highest BCUT2D eigenvalue weighted by Gasteiger charge is 2.18. The number of rotatable bonds is 9. The van der Waals surface area contributed by atoms with Gasteiger partial charge in [0.2, 0.25) is 5.95 Å². The number of ketones is 1. The van der Waals surface area contributed by atoms with Gasteiger partial charge in [0.15, 0.2) is 0 Å². The van der Waals surface area contributed by atoms with Crippen LogP contribution in [0.4, 0.5) is 11.6 Å². The zero-order chi connectivity index (χ0) is 25.0. The van der Waals surface area contributed by atoms with Gasteiger partial charge in [0.1, 0.15) is 11.5 Å². The van der Waals surface area contributed by atoms with Crippen LogP contribution in [-0.4, -0.2) is 26.0 Å². The van der Waals surface area contributed by atoms with Crippen LogP contribution in [0.3, 0.4) is 0 Å². The molecule has 9 heteroatoms. The third kappa shape index (κ3) is 6.22. The Hall–Kier alpha value is -3.20. The maximum absolute atomic E-state index is 13.4. The van der Waals surface area contributed by atoms with Crippen molar-refractivity contribution in [2.24, 2.45) is 5.92 Å². The molecule has 0 aliphatic rings. The van der Waals surface area contributed by atoms with Gasteiger partial charge in [-0.05, 0) is 67.4 Å². The molecule has 0 aliphatic heterocycles. The Balaban J connectivity index is 2.05. The highest BCUT2D eigenvalue weighted by molar-refractivity contribution is 9.10. The van der Waals surface area contributed by atoms with Crippen LogP contribution in [0.25, 0.3) is 0 Å². The third-order valence-corrected chi connectivity index (χ3v) is 5.93. The molecule has 1 heterocycles. The molecule has 180 valence electrons. The molecule has 0 fully saturated rings. The molecule has 1 N–H and O–H groups in total. The zero-order valence-corrected chi connectivity index (χ0v) is 21.5. The van der Waals surface area contributed by atoms with Crippen molar-refractivity contribution in [1.82, 2.24) is 14.1 Å². The number of aryl methyl sites for hydroxylation is 1. The number of halogens is 1. The number of carbonyl (C=O) groups excluding carboxylic acids is 1. The van der Waals surface area contributed by atoms with E-state index in [1.165, 1.54) is 11.5 Å². The summed E-state index contributed by atoms with van der Waals surface area (Å²) in [4.78, 5) is 42.0. The lowest BCUT2D eigenvalue weighted by Crippen LogP contribution is -2.44. The average molecular weight is 529 g/mol. The Morgan fingerprint density at radius 1 is 1.09 bits per heavy atom. The lowest BCUT2D eigenvalue weighted by Gasteiger charge is -2.18. The van der Waals surface area contributed by atoms with Gasteiger partial charge >= 0.3 is 11.4 Å². The molecule has 2 aromatic carbocycles. The van der Waals surface area contributed by atoms with Crippen molar-refractivity contribution in [1.29, 1.82) is 0 Å². The summed E-state index contributed by atoms with van der Waals surface area (Å²) in [7, 11) is 0. The van der Waals surface area contributed by atoms with Crippen LogP contribution in [-0.2, 0) is 17.9 Å². The van der Waals surface area contributed by atoms with Gasteiger partial charge in [-0.25, -0.2) is 14.2 Å². The van der Waals surface area contributed by atoms with Crippen molar-refractivity contribution in [3.63, 3.8) is 0 Å². The fraction of sp³-hybridized carbons (Fsp3) is 0.360. The van der Waals surface area contributed by atoms with E-state index >= 15 is 0 Å². The van der Waals surface area contributed by atoms with E-state index in [9.17, 15) is 14.4 Å². The minimum Gasteiger partial charge on any atom is -0.490 e. The first-order valence-corrected chi connectivity index (χ1v) is 11.9. The smallest absolute Gasteiger partial charge is 0.354 e. The van der Waals surface area contributed by atoms with Crippen molar-refractivity contribution >= 4 is 33.3 Å². The maximum Gasteiger partial charge on any atom is 0.354 e. The van der Waals surface area contributed by atoms with Crippen LogP contribution < -0.4 is 21.4 Å². The second-order valence-corrected chi connectivity index (χ2v) is 9.49. The Labute approximate surface area is 206 Å². The lowest BCUT2D eigenvalue weighted by molar-refractivity contribution is -0.120. The molecule has 0 aliphatic carbocycles. The summed E-state index contributed by atoms with van der Waals surface area (Å²) < 4.78 is 8.89. The average Bonchev–Trinajstić information content (AvgIpc) is 2.76. The summed E-state index contributed by atoms with van der Waals surface area (Å²) in [6.07, 6.45) is 0.0152. The normalized spacial score (nSPS) is 12.0. The minimum atomic E-state index is -0.709. The third-order valence-electron chi connectivity index (χ3n) is 5.31. The number of Topliss-reactive ketones (excluding diaryl/α,β-unsaturated/α-hetero) is 1. The minimum absolute atomic E-state index is 0.0152. The SMILES string of the molecule is CC(=O)[C@@H](C)Cn1c(=O)nc(Nc2ccc(OC(C)C)c(Br)c2)n(Cc2ccc(C)cc2)c1=O. The summed E-state index contributed by atoms with van der Waals surface area (Å²) >= 11 is 3.50. The molecular weight excluding hydrogens is 500 g/mol. The predicted molar refractivity (Wildman–Crippen MR) is 136 cm³/mol. The van der Waals surface area contributed by atoms with Crippen LogP contribution >= 0.6 is 15.9 Å². The van der Waals surface area contributed by atoms with Gasteiger partial charge in [0.25, 0.3) is 0 Å². The van der Waals surface area contributed by atoms with Gasteiger partial charge in [0.05, 0.1) is 17.1 Å². The summed E-state index contributed by atoms with van der Waals surface area (Å²) in [5.74, 6) is 0.210. The van der Waals surface area contributed by atoms with E-state index < -0.39 is 17.3 Å². The van der Waals surface area contributed by atoms with Crippen molar-refractivity contribution in [3.8, 4) is 5.75 Å². The summed E-state index contributed by atoms with van der Waals surface area (Å²) in [5, 5.41) is 3.10. The first kappa shape index (κ1) is 25.4. The van der Waals surface area contributed by atoms with Gasteiger partial charge in [-0.15, -0.1) is 0 Å². The van der Waals surface area contributed by atoms with Gasteiger partial charge < -0.3 is 10.1 Å². The van der Waals surface area contributed by atoms with Crippen molar-refractivity contribution in [2.45, 2.75) is 53.8 Å². The fourth-order valence-electron chi connectivity index (χ4n) is 3.26. The van der Waals surface area contributed by atoms with E-state index in [-0.39, 0.29) is 30.9 Å². The molecule has 0 spiro atoms. The molecule has 0 bridgehead atoms. The highest BCUT2D eigenvalue weighted by Crippen LogP contribution is 2.30. The molecule has 0 amide bonds. The van der Waals surface area contributed by atoms with E-state index in [2.05, 4.69) is 26.2 Å². The summed E-state index contributed by atoms with van der Waals surface area (Å²) in [5.41, 5.74) is 1.36. The molecule has 0 saturated carbocycles. The quantitative estimate of drug-likeness (QED) is 0.445. The fourth-order valence-corrected chi connectivity index (χ4v) is 3.73. The number of anilines is 2. The maximum atomic E-state index is 13.4. The first-order chi connectivity index (χ1) is 16.0. The first-order valence-electron chi connectivity index (χ1n) is 11.1. The van der Waals surface area contributed by atoms with Gasteiger partial charge in [0, 0.05) is 18.2 Å². The molecule has 1 atom stereocenters. The van der Waals surface area contributed by atoms with E-state index in [1.807, 2.05) is 45.0 Å². The van der Waals surface area contributed by atoms with E-state index in [4.69, 9.17) is 4.74 Å². The van der Waals surface area contributed by atoms with E-state index in [1.54, 1.807) is 25.1 Å². The van der Waals surface area contributed by atoms with Crippen LogP contribution in [0.1, 0.15) is 38.8 Å². The highest BCUT2D eigenvalue weighted by atomic mass is 79.9. The second-order valence-electron chi connectivity index (χ2n) is 8.63. The topological polar surface area (TPSA) is 95.2 Å². The van der Waals surface area contributed by atoms with Crippen LogP contribution in [0.2, 0.25) is 0 Å². The summed E-state index contributed by atoms with van der Waals surface area (Å²) in [6, 6.07) is 13.1. The Bertz CT molecular complexity index is 1300. The van der Waals surface area contributed by atoms with E-state index in [0.717, 1.165) is 20.2 Å². The molecule has 8 nitrogen and oxygen atoms in total. The predicted octanol–water partition coefficient (Wildman–Crippen LogP) is 4.28. The molecule has 3 aromatic rings. The number of carbonyl (C=O) groups is 1. The van der Waals surface area contributed by atoms with E-state index in [0.29, 0.717) is 11.4 Å². The van der Waals surface area contributed by atoms with Gasteiger partial charge in [-0.3, -0.25) is 9.36 Å². The van der Waals surface area contributed by atoms with Crippen LogP contribution in [0, 0.1) is 12.8 Å². The molecule has 34 heavy (non-hydrogen) atoms. The standard InChI is InChI=1S/C25H29BrN4O4/c1-15(2)34-22-11-10-20(12-21(22)26)27-23-28-24(32)30(13-17(4)18(5)31)25(33)29(23)14-19-8-6-16(3)7-9-19/h6-12,15,17H,13-14H2,1-5H3,(H,27,28,32)/t17-/m0/s1. The van der Waals surface area contributed by atoms with Crippen LogP contribution in [0.5, 0.6) is 5.75 Å². The second kappa shape index (κ2) is 10.8. The molecule has 3 rings (SSSR count). The van der Waals surface area contributed by atoms with Crippen molar-refractivity contribution in [2.75, 3.05) is 5.32 Å². The number of nitrogens with one attached hydrogen (secondary N) is 1. The number of nitrogens with zero attached hydrogens (tertiary/aromatic N) is 3. The molecule has 0 unspecified atom stereocenters. The Morgan fingerprint density at radius 3 is 2.35 bits per heavy atom. The Kier molecular flexibility index (Phi) is 8.09. The van der Waals surface area contributed by atoms with Crippen molar-refractivity contribution in [3.05, 3.63) is 79.0 Å². The number of aromatic nitrogens is 3.